The quantitative estimate of drug-likeness (QED) is 0.146. The Kier molecular flexibility index (Phi) is 7.69. The number of amides is 1. The van der Waals surface area contributed by atoms with Crippen molar-refractivity contribution in [1.29, 1.82) is 0 Å². The van der Waals surface area contributed by atoms with Crippen LogP contribution in [-0.4, -0.2) is 35.4 Å². The van der Waals surface area contributed by atoms with Gasteiger partial charge in [-0.15, -0.1) is 0 Å². The van der Waals surface area contributed by atoms with Crippen LogP contribution in [0.2, 0.25) is 0 Å². The molecule has 0 unspecified atom stereocenters. The molecule has 0 aliphatic carbocycles. The van der Waals surface area contributed by atoms with E-state index in [1.165, 1.54) is 25.5 Å². The molecule has 36 heavy (non-hydrogen) atoms. The molecule has 8 nitrogen and oxygen atoms in total. The van der Waals surface area contributed by atoms with Crippen LogP contribution in [0, 0.1) is 3.57 Å². The number of nitrogens with one attached hydrogen (secondary N) is 1. The van der Waals surface area contributed by atoms with E-state index in [2.05, 4.69) is 33.1 Å². The Morgan fingerprint density at radius 1 is 1.03 bits per heavy atom. The number of hydrazone groups is 1. The molecule has 4 aromatic carbocycles. The molecule has 4 aromatic rings. The predicted octanol–water partition coefficient (Wildman–Crippen LogP) is 5.20. The number of ether oxygens (including phenoxy) is 2. The standard InChI is InChI=1S/C27H21IN2O6/c1-35-24-11-17(10-22(28)25(24)36-15-16-5-4-8-20(9-16)27(33)34)14-29-30-26(32)21-12-18-6-2-3-7-19(18)13-23(21)31/h2-14,31H,15H2,1H3,(H,30,32)(H,33,34). The molecule has 0 saturated heterocycles. The highest BCUT2D eigenvalue weighted by Crippen LogP contribution is 2.34. The van der Waals surface area contributed by atoms with E-state index in [0.29, 0.717) is 22.6 Å². The number of hydrogen-bond acceptors (Lipinski definition) is 6. The van der Waals surface area contributed by atoms with Crippen molar-refractivity contribution in [3.05, 3.63) is 98.6 Å². The van der Waals surface area contributed by atoms with Crippen LogP contribution in [0.4, 0.5) is 0 Å². The van der Waals surface area contributed by atoms with Crippen molar-refractivity contribution in [1.82, 2.24) is 5.43 Å². The fraction of sp³-hybridized carbons (Fsp3) is 0.0741. The summed E-state index contributed by atoms with van der Waals surface area (Å²) in [5.74, 6) is -0.722. The highest BCUT2D eigenvalue weighted by Gasteiger charge is 2.14. The Morgan fingerprint density at radius 3 is 2.50 bits per heavy atom. The van der Waals surface area contributed by atoms with Crippen molar-refractivity contribution in [3.8, 4) is 17.2 Å². The van der Waals surface area contributed by atoms with Crippen LogP contribution >= 0.6 is 22.6 Å². The van der Waals surface area contributed by atoms with Gasteiger partial charge in [-0.25, -0.2) is 10.2 Å². The molecule has 0 atom stereocenters. The largest absolute Gasteiger partial charge is 0.507 e. The average Bonchev–Trinajstić information content (AvgIpc) is 2.87. The molecule has 0 aliphatic rings. The summed E-state index contributed by atoms with van der Waals surface area (Å²) < 4.78 is 12.1. The maximum atomic E-state index is 12.6. The van der Waals surface area contributed by atoms with Gasteiger partial charge in [0.15, 0.2) is 11.5 Å². The molecule has 9 heteroatoms. The highest BCUT2D eigenvalue weighted by atomic mass is 127. The van der Waals surface area contributed by atoms with Crippen LogP contribution < -0.4 is 14.9 Å². The minimum absolute atomic E-state index is 0.119. The second-order valence-electron chi connectivity index (χ2n) is 7.74. The monoisotopic (exact) mass is 596 g/mol. The van der Waals surface area contributed by atoms with Crippen molar-refractivity contribution < 1.29 is 29.3 Å². The van der Waals surface area contributed by atoms with Gasteiger partial charge in [0.25, 0.3) is 5.91 Å². The lowest BCUT2D eigenvalue weighted by Gasteiger charge is -2.14. The molecular weight excluding hydrogens is 575 g/mol. The van der Waals surface area contributed by atoms with Crippen LogP contribution in [0.25, 0.3) is 10.8 Å². The Labute approximate surface area is 220 Å². The number of carboxylic acid groups (broad SMARTS) is 1. The van der Waals surface area contributed by atoms with E-state index in [4.69, 9.17) is 14.6 Å². The highest BCUT2D eigenvalue weighted by molar-refractivity contribution is 14.1. The van der Waals surface area contributed by atoms with Crippen LogP contribution in [0.15, 0.2) is 77.9 Å². The van der Waals surface area contributed by atoms with E-state index in [9.17, 15) is 14.7 Å². The van der Waals surface area contributed by atoms with Crippen LogP contribution in [0.5, 0.6) is 17.2 Å². The Morgan fingerprint density at radius 2 is 1.78 bits per heavy atom. The van der Waals surface area contributed by atoms with Gasteiger partial charge >= 0.3 is 5.97 Å². The Balaban J connectivity index is 1.46. The molecular formula is C27H21IN2O6. The molecule has 0 aliphatic heterocycles. The fourth-order valence-corrected chi connectivity index (χ4v) is 4.32. The number of carboxylic acids is 1. The zero-order valence-corrected chi connectivity index (χ0v) is 21.2. The van der Waals surface area contributed by atoms with E-state index < -0.39 is 11.9 Å². The summed E-state index contributed by atoms with van der Waals surface area (Å²) in [6, 6.07) is 20.6. The second-order valence-corrected chi connectivity index (χ2v) is 8.91. The number of carbonyl (C=O) groups excluding carboxylic acids is 1. The van der Waals surface area contributed by atoms with E-state index >= 15 is 0 Å². The summed E-state index contributed by atoms with van der Waals surface area (Å²) in [4.78, 5) is 23.7. The van der Waals surface area contributed by atoms with E-state index in [1.807, 2.05) is 24.3 Å². The number of aromatic hydroxyl groups is 1. The first-order valence-electron chi connectivity index (χ1n) is 10.7. The molecule has 0 bridgehead atoms. The normalized spacial score (nSPS) is 10.9. The predicted molar refractivity (Wildman–Crippen MR) is 144 cm³/mol. The number of rotatable bonds is 8. The number of nitrogens with zero attached hydrogens (tertiary/aromatic N) is 1. The number of phenols is 1. The first-order chi connectivity index (χ1) is 17.4. The Bertz CT molecular complexity index is 1480. The van der Waals surface area contributed by atoms with Crippen molar-refractivity contribution in [3.63, 3.8) is 0 Å². The molecule has 0 heterocycles. The lowest BCUT2D eigenvalue weighted by molar-refractivity contribution is 0.0696. The zero-order valence-electron chi connectivity index (χ0n) is 19.1. The SMILES string of the molecule is COc1cc(C=NNC(=O)c2cc3ccccc3cc2O)cc(I)c1OCc1cccc(C(=O)O)c1. The van der Waals surface area contributed by atoms with E-state index in [0.717, 1.165) is 14.3 Å². The number of benzene rings is 4. The first-order valence-corrected chi connectivity index (χ1v) is 11.8. The van der Waals surface area contributed by atoms with Gasteiger partial charge < -0.3 is 19.7 Å². The van der Waals surface area contributed by atoms with Crippen molar-refractivity contribution in [2.24, 2.45) is 5.10 Å². The second kappa shape index (κ2) is 11.1. The molecule has 0 spiro atoms. The summed E-state index contributed by atoms with van der Waals surface area (Å²) in [5, 5.41) is 25.1. The van der Waals surface area contributed by atoms with Gasteiger partial charge in [0.05, 0.1) is 28.0 Å². The molecule has 0 saturated carbocycles. The first kappa shape index (κ1) is 25.0. The van der Waals surface area contributed by atoms with Gasteiger partial charge in [0.2, 0.25) is 0 Å². The zero-order chi connectivity index (χ0) is 25.7. The number of fused-ring (bicyclic) bond motifs is 1. The molecule has 0 aromatic heterocycles. The smallest absolute Gasteiger partial charge is 0.335 e. The minimum atomic E-state index is -1.00. The van der Waals surface area contributed by atoms with Crippen LogP contribution in [0.3, 0.4) is 0 Å². The molecule has 3 N–H and O–H groups in total. The molecule has 0 radical (unpaired) electrons. The minimum Gasteiger partial charge on any atom is -0.507 e. The lowest BCUT2D eigenvalue weighted by Crippen LogP contribution is -2.17. The molecule has 182 valence electrons. The maximum absolute atomic E-state index is 12.6. The van der Waals surface area contributed by atoms with Gasteiger partial charge in [0, 0.05) is 0 Å². The molecule has 0 fully saturated rings. The number of aromatic carboxylic acids is 1. The van der Waals surface area contributed by atoms with Gasteiger partial charge in [-0.05, 0) is 80.9 Å². The van der Waals surface area contributed by atoms with E-state index in [1.54, 1.807) is 36.4 Å². The summed E-state index contributed by atoms with van der Waals surface area (Å²) in [5.41, 5.74) is 4.10. The third-order valence-electron chi connectivity index (χ3n) is 5.30. The summed E-state index contributed by atoms with van der Waals surface area (Å²) in [6.45, 7) is 0.159. The maximum Gasteiger partial charge on any atom is 0.335 e. The lowest BCUT2D eigenvalue weighted by atomic mass is 10.1. The van der Waals surface area contributed by atoms with E-state index in [-0.39, 0.29) is 23.5 Å². The van der Waals surface area contributed by atoms with Crippen molar-refractivity contribution >= 4 is 51.5 Å². The van der Waals surface area contributed by atoms with Gasteiger partial charge in [-0.2, -0.15) is 5.10 Å². The summed E-state index contributed by atoms with van der Waals surface area (Å²) >= 11 is 2.10. The number of methoxy groups -OCH3 is 1. The van der Waals surface area contributed by atoms with Crippen LogP contribution in [0.1, 0.15) is 31.8 Å². The van der Waals surface area contributed by atoms with Gasteiger partial charge in [-0.3, -0.25) is 4.79 Å². The van der Waals surface area contributed by atoms with Crippen molar-refractivity contribution in [2.45, 2.75) is 6.61 Å². The van der Waals surface area contributed by atoms with Crippen molar-refractivity contribution in [2.75, 3.05) is 7.11 Å². The topological polar surface area (TPSA) is 117 Å². The molecule has 1 amide bonds. The van der Waals surface area contributed by atoms with Gasteiger partial charge in [-0.1, -0.05) is 36.4 Å². The van der Waals surface area contributed by atoms with Crippen LogP contribution in [-0.2, 0) is 6.61 Å². The molecule has 4 rings (SSSR count). The summed E-state index contributed by atoms with van der Waals surface area (Å²) in [6.07, 6.45) is 1.46. The third kappa shape index (κ3) is 5.74. The number of hydrogen-bond donors (Lipinski definition) is 3. The van der Waals surface area contributed by atoms with Gasteiger partial charge in [0.1, 0.15) is 12.4 Å². The number of halogens is 1. The summed E-state index contributed by atoms with van der Waals surface area (Å²) in [7, 11) is 1.51. The number of carbonyl (C=O) groups is 2. The third-order valence-corrected chi connectivity index (χ3v) is 6.10. The average molecular weight is 596 g/mol. The number of phenolic OH excluding ortho intramolecular Hbond substituents is 1. The fourth-order valence-electron chi connectivity index (χ4n) is 3.54. The Hall–Kier alpha value is -4.12.